The van der Waals surface area contributed by atoms with Gasteiger partial charge >= 0.3 is 0 Å². The first-order valence-electron chi connectivity index (χ1n) is 9.47. The van der Waals surface area contributed by atoms with Gasteiger partial charge in [-0.05, 0) is 32.2 Å². The van der Waals surface area contributed by atoms with E-state index >= 15 is 0 Å². The van der Waals surface area contributed by atoms with Crippen molar-refractivity contribution in [3.8, 4) is 0 Å². The molecule has 0 bridgehead atoms. The average molecular weight is 364 g/mol. The Hall–Kier alpha value is -1.44. The van der Waals surface area contributed by atoms with Gasteiger partial charge in [0.15, 0.2) is 4.96 Å². The van der Waals surface area contributed by atoms with E-state index in [0.29, 0.717) is 12.2 Å². The van der Waals surface area contributed by atoms with E-state index in [2.05, 4.69) is 20.9 Å². The monoisotopic (exact) mass is 363 g/mol. The van der Waals surface area contributed by atoms with Crippen LogP contribution in [0, 0.1) is 0 Å². The molecule has 2 aromatic heterocycles. The number of carbonyl (C=O) groups is 1. The fraction of sp³-hybridized carbons (Fsp3) is 0.667. The first-order chi connectivity index (χ1) is 12.3. The topological polar surface area (TPSA) is 70.5 Å². The van der Waals surface area contributed by atoms with Crippen molar-refractivity contribution < 1.29 is 4.79 Å². The molecule has 1 amide bonds. The number of unbranched alkanes of at least 4 members (excludes halogenated alkanes) is 1. The summed E-state index contributed by atoms with van der Waals surface area (Å²) >= 11 is 1.49. The Morgan fingerprint density at radius 3 is 2.88 bits per heavy atom. The second-order valence-corrected chi connectivity index (χ2v) is 7.54. The quantitative estimate of drug-likeness (QED) is 0.567. The Bertz CT molecular complexity index is 647. The van der Waals surface area contributed by atoms with E-state index in [0.717, 1.165) is 43.5 Å². The Morgan fingerprint density at radius 1 is 1.16 bits per heavy atom. The maximum Gasteiger partial charge on any atom is 0.269 e. The van der Waals surface area contributed by atoms with E-state index in [1.807, 2.05) is 16.0 Å². The number of amides is 1. The molecule has 0 aliphatic heterocycles. The van der Waals surface area contributed by atoms with Crippen LogP contribution in [-0.4, -0.2) is 47.5 Å². The molecule has 2 aromatic rings. The number of aromatic nitrogens is 2. The van der Waals surface area contributed by atoms with Gasteiger partial charge < -0.3 is 16.0 Å². The van der Waals surface area contributed by atoms with Gasteiger partial charge in [-0.25, -0.2) is 4.98 Å². The summed E-state index contributed by atoms with van der Waals surface area (Å²) in [6, 6.07) is 0.741. The molecule has 1 fully saturated rings. The van der Waals surface area contributed by atoms with Crippen molar-refractivity contribution in [3.63, 3.8) is 0 Å². The lowest BCUT2D eigenvalue weighted by atomic mass is 9.95. The summed E-state index contributed by atoms with van der Waals surface area (Å²) < 4.78 is 1.83. The summed E-state index contributed by atoms with van der Waals surface area (Å²) in [4.78, 5) is 17.2. The van der Waals surface area contributed by atoms with Crippen LogP contribution in [0.3, 0.4) is 0 Å². The number of thiazole rings is 1. The molecule has 0 aromatic carbocycles. The van der Waals surface area contributed by atoms with E-state index in [1.165, 1.54) is 43.4 Å². The van der Waals surface area contributed by atoms with Gasteiger partial charge in [-0.3, -0.25) is 9.20 Å². The minimum absolute atomic E-state index is 0.0195. The first kappa shape index (κ1) is 18.4. The molecule has 0 unspecified atom stereocenters. The number of imidazole rings is 1. The standard InChI is InChI=1S/C18H29N5OS/c24-17(16-14-25-18-22-12-13-23(16)18)21-9-5-4-8-19-10-11-20-15-6-2-1-3-7-15/h12-15,19-20H,1-11H2,(H,21,24). The van der Waals surface area contributed by atoms with Gasteiger partial charge in [0.25, 0.3) is 5.91 Å². The van der Waals surface area contributed by atoms with Crippen LogP contribution >= 0.6 is 11.3 Å². The lowest BCUT2D eigenvalue weighted by Crippen LogP contribution is -2.36. The van der Waals surface area contributed by atoms with Crippen LogP contribution in [0.1, 0.15) is 55.4 Å². The van der Waals surface area contributed by atoms with Gasteiger partial charge in [0.05, 0.1) is 0 Å². The van der Waals surface area contributed by atoms with Crippen molar-refractivity contribution >= 4 is 22.2 Å². The molecule has 7 heteroatoms. The number of hydrogen-bond donors (Lipinski definition) is 3. The molecular weight excluding hydrogens is 334 g/mol. The Kier molecular flexibility index (Phi) is 7.26. The molecule has 138 valence electrons. The predicted octanol–water partition coefficient (Wildman–Crippen LogP) is 2.42. The Balaban J connectivity index is 1.19. The maximum atomic E-state index is 12.2. The van der Waals surface area contributed by atoms with Crippen LogP contribution < -0.4 is 16.0 Å². The average Bonchev–Trinajstić information content (AvgIpc) is 3.24. The summed E-state index contributed by atoms with van der Waals surface area (Å²) in [5, 5.41) is 12.0. The zero-order valence-corrected chi connectivity index (χ0v) is 15.6. The molecule has 1 aliphatic rings. The third-order valence-corrected chi connectivity index (χ3v) is 5.63. The number of fused-ring (bicyclic) bond motifs is 1. The molecule has 0 radical (unpaired) electrons. The molecule has 1 saturated carbocycles. The number of hydrogen-bond acceptors (Lipinski definition) is 5. The maximum absolute atomic E-state index is 12.2. The number of nitrogens with zero attached hydrogens (tertiary/aromatic N) is 2. The SMILES string of the molecule is O=C(NCCCCNCCNC1CCCCC1)c1csc2nccn12. The molecule has 6 nitrogen and oxygen atoms in total. The minimum atomic E-state index is -0.0195. The van der Waals surface area contributed by atoms with Gasteiger partial charge in [0.2, 0.25) is 0 Å². The molecule has 1 aliphatic carbocycles. The summed E-state index contributed by atoms with van der Waals surface area (Å²) in [7, 11) is 0. The van der Waals surface area contributed by atoms with Gasteiger partial charge in [0, 0.05) is 43.4 Å². The highest BCUT2D eigenvalue weighted by Gasteiger charge is 2.12. The zero-order chi connectivity index (χ0) is 17.3. The molecule has 0 atom stereocenters. The van der Waals surface area contributed by atoms with Crippen LogP contribution in [0.4, 0.5) is 0 Å². The predicted molar refractivity (Wildman–Crippen MR) is 102 cm³/mol. The number of carbonyl (C=O) groups excluding carboxylic acids is 1. The summed E-state index contributed by atoms with van der Waals surface area (Å²) in [5.74, 6) is -0.0195. The fourth-order valence-corrected chi connectivity index (χ4v) is 4.18. The van der Waals surface area contributed by atoms with Crippen LogP contribution in [-0.2, 0) is 0 Å². The number of rotatable bonds is 10. The molecule has 3 N–H and O–H groups in total. The summed E-state index contributed by atoms with van der Waals surface area (Å²) in [6.45, 7) is 3.80. The van der Waals surface area contributed by atoms with Crippen molar-refractivity contribution in [2.45, 2.75) is 51.0 Å². The second-order valence-electron chi connectivity index (χ2n) is 6.70. The second kappa shape index (κ2) is 9.89. The van der Waals surface area contributed by atoms with Crippen molar-refractivity contribution in [3.05, 3.63) is 23.5 Å². The highest BCUT2D eigenvalue weighted by molar-refractivity contribution is 7.15. The summed E-state index contributed by atoms with van der Waals surface area (Å²) in [6.07, 6.45) is 12.5. The minimum Gasteiger partial charge on any atom is -0.351 e. The fourth-order valence-electron chi connectivity index (χ4n) is 3.35. The van der Waals surface area contributed by atoms with E-state index < -0.39 is 0 Å². The number of nitrogens with one attached hydrogen (secondary N) is 3. The van der Waals surface area contributed by atoms with Crippen molar-refractivity contribution in [1.82, 2.24) is 25.3 Å². The van der Waals surface area contributed by atoms with Gasteiger partial charge in [-0.15, -0.1) is 11.3 Å². The molecule has 25 heavy (non-hydrogen) atoms. The lowest BCUT2D eigenvalue weighted by molar-refractivity contribution is 0.0947. The van der Waals surface area contributed by atoms with Crippen molar-refractivity contribution in [2.24, 2.45) is 0 Å². The molecular formula is C18H29N5OS. The van der Waals surface area contributed by atoms with Crippen LogP contribution in [0.5, 0.6) is 0 Å². The van der Waals surface area contributed by atoms with E-state index in [9.17, 15) is 4.79 Å². The molecule has 0 spiro atoms. The molecule has 0 saturated heterocycles. The highest BCUT2D eigenvalue weighted by atomic mass is 32.1. The van der Waals surface area contributed by atoms with Crippen LogP contribution in [0.15, 0.2) is 17.8 Å². The van der Waals surface area contributed by atoms with Crippen LogP contribution in [0.25, 0.3) is 4.96 Å². The first-order valence-corrected chi connectivity index (χ1v) is 10.4. The van der Waals surface area contributed by atoms with Crippen LogP contribution in [0.2, 0.25) is 0 Å². The van der Waals surface area contributed by atoms with Crippen molar-refractivity contribution in [1.29, 1.82) is 0 Å². The smallest absolute Gasteiger partial charge is 0.269 e. The normalized spacial score (nSPS) is 15.7. The van der Waals surface area contributed by atoms with E-state index in [4.69, 9.17) is 0 Å². The third kappa shape index (κ3) is 5.52. The highest BCUT2D eigenvalue weighted by Crippen LogP contribution is 2.17. The largest absolute Gasteiger partial charge is 0.351 e. The third-order valence-electron chi connectivity index (χ3n) is 4.78. The summed E-state index contributed by atoms with van der Waals surface area (Å²) in [5.41, 5.74) is 0.671. The molecule has 2 heterocycles. The van der Waals surface area contributed by atoms with Gasteiger partial charge in [-0.2, -0.15) is 0 Å². The van der Waals surface area contributed by atoms with E-state index in [1.54, 1.807) is 6.20 Å². The molecule has 3 rings (SSSR count). The Morgan fingerprint density at radius 2 is 2.00 bits per heavy atom. The van der Waals surface area contributed by atoms with Gasteiger partial charge in [0.1, 0.15) is 5.69 Å². The van der Waals surface area contributed by atoms with E-state index in [-0.39, 0.29) is 5.91 Å². The Labute approximate surface area is 153 Å². The zero-order valence-electron chi connectivity index (χ0n) is 14.8. The van der Waals surface area contributed by atoms with Gasteiger partial charge in [-0.1, -0.05) is 19.3 Å². The lowest BCUT2D eigenvalue weighted by Gasteiger charge is -2.22. The van der Waals surface area contributed by atoms with Crippen molar-refractivity contribution in [2.75, 3.05) is 26.2 Å².